The first-order valence-corrected chi connectivity index (χ1v) is 5.63. The van der Waals surface area contributed by atoms with Crippen molar-refractivity contribution in [3.63, 3.8) is 0 Å². The fourth-order valence-corrected chi connectivity index (χ4v) is 1.40. The molecule has 0 fully saturated rings. The monoisotopic (exact) mass is 322 g/mol. The third kappa shape index (κ3) is 4.54. The number of halogens is 6. The highest BCUT2D eigenvalue weighted by Gasteiger charge is 2.33. The summed E-state index contributed by atoms with van der Waals surface area (Å²) in [5, 5.41) is 0. The maximum atomic E-state index is 12.4. The van der Waals surface area contributed by atoms with Crippen molar-refractivity contribution in [2.75, 3.05) is 0 Å². The summed E-state index contributed by atoms with van der Waals surface area (Å²) < 4.78 is 81.9. The van der Waals surface area contributed by atoms with Crippen LogP contribution in [0.2, 0.25) is 0 Å². The van der Waals surface area contributed by atoms with Gasteiger partial charge in [-0.2, -0.15) is 13.2 Å². The third-order valence-electron chi connectivity index (χ3n) is 2.22. The smallest absolute Gasteiger partial charge is 0.439 e. The van der Waals surface area contributed by atoms with E-state index in [0.29, 0.717) is 0 Å². The van der Waals surface area contributed by atoms with E-state index < -0.39 is 24.0 Å². The second-order valence-corrected chi connectivity index (χ2v) is 3.90. The minimum absolute atomic E-state index is 0.00125. The van der Waals surface area contributed by atoms with Crippen LogP contribution in [0.25, 0.3) is 0 Å². The highest BCUT2D eigenvalue weighted by molar-refractivity contribution is 5.34. The van der Waals surface area contributed by atoms with Crippen LogP contribution in [0.15, 0.2) is 36.4 Å². The number of hydrogen-bond acceptors (Lipinski definition) is 3. The van der Waals surface area contributed by atoms with Gasteiger partial charge in [0.05, 0.1) is 0 Å². The first kappa shape index (κ1) is 15.9. The highest BCUT2D eigenvalue weighted by atomic mass is 19.4. The Kier molecular flexibility index (Phi) is 4.16. The maximum absolute atomic E-state index is 12.4. The molecule has 0 spiro atoms. The van der Waals surface area contributed by atoms with E-state index >= 15 is 0 Å². The van der Waals surface area contributed by atoms with Gasteiger partial charge in [-0.25, -0.2) is 4.98 Å². The van der Waals surface area contributed by atoms with Crippen molar-refractivity contribution in [1.82, 2.24) is 4.98 Å². The highest BCUT2D eigenvalue weighted by Crippen LogP contribution is 2.30. The Morgan fingerprint density at radius 1 is 0.864 bits per heavy atom. The summed E-state index contributed by atoms with van der Waals surface area (Å²) in [5.41, 5.74) is -1.26. The molecule has 2 aromatic rings. The zero-order valence-corrected chi connectivity index (χ0v) is 10.5. The summed E-state index contributed by atoms with van der Waals surface area (Å²) in [6.07, 6.45) is -9.51. The Bertz CT molecular complexity index is 636. The van der Waals surface area contributed by atoms with Crippen molar-refractivity contribution in [3.05, 3.63) is 48.2 Å². The topological polar surface area (TPSA) is 31.4 Å². The molecule has 0 amide bonds. The molecular weight excluding hydrogens is 316 g/mol. The molecule has 0 saturated carbocycles. The molecule has 1 aromatic carbocycles. The predicted molar refractivity (Wildman–Crippen MR) is 61.3 cm³/mol. The molecule has 0 bridgehead atoms. The second kappa shape index (κ2) is 5.74. The van der Waals surface area contributed by atoms with E-state index in [1.807, 2.05) is 6.07 Å². The van der Waals surface area contributed by atoms with Crippen molar-refractivity contribution in [2.45, 2.75) is 12.5 Å². The molecule has 0 aliphatic rings. The molecule has 1 radical (unpaired) electrons. The molecular formula is C13H6F6NO2. The van der Waals surface area contributed by atoms with Crippen molar-refractivity contribution in [1.29, 1.82) is 0 Å². The SMILES string of the molecule is FC(F)(F)Oc1ccc(Oc2cc[c]c(C(F)(F)F)n2)cc1. The van der Waals surface area contributed by atoms with Crippen LogP contribution in [0.1, 0.15) is 5.69 Å². The first-order valence-electron chi connectivity index (χ1n) is 5.63. The molecule has 3 nitrogen and oxygen atoms in total. The summed E-state index contributed by atoms with van der Waals surface area (Å²) >= 11 is 0. The van der Waals surface area contributed by atoms with E-state index in [4.69, 9.17) is 4.74 Å². The van der Waals surface area contributed by atoms with E-state index in [0.717, 1.165) is 36.4 Å². The van der Waals surface area contributed by atoms with Crippen molar-refractivity contribution < 1.29 is 35.8 Å². The van der Waals surface area contributed by atoms with Gasteiger partial charge in [-0.1, -0.05) is 0 Å². The largest absolute Gasteiger partial charge is 0.573 e. The molecule has 0 saturated heterocycles. The lowest BCUT2D eigenvalue weighted by molar-refractivity contribution is -0.274. The van der Waals surface area contributed by atoms with Crippen LogP contribution in [-0.4, -0.2) is 11.3 Å². The number of aromatic nitrogens is 1. The van der Waals surface area contributed by atoms with Gasteiger partial charge in [0, 0.05) is 12.1 Å². The van der Waals surface area contributed by atoms with E-state index in [2.05, 4.69) is 9.72 Å². The summed E-state index contributed by atoms with van der Waals surface area (Å²) in [6.45, 7) is 0. The van der Waals surface area contributed by atoms with Gasteiger partial charge in [0.25, 0.3) is 0 Å². The molecule has 0 atom stereocenters. The Labute approximate surface area is 120 Å². The molecule has 117 valence electrons. The Morgan fingerprint density at radius 2 is 1.45 bits per heavy atom. The summed E-state index contributed by atoms with van der Waals surface area (Å²) in [7, 11) is 0. The fourth-order valence-electron chi connectivity index (χ4n) is 1.40. The van der Waals surface area contributed by atoms with Gasteiger partial charge in [-0.15, -0.1) is 13.2 Å². The lowest BCUT2D eigenvalue weighted by Gasteiger charge is -2.10. The number of benzene rings is 1. The van der Waals surface area contributed by atoms with Gasteiger partial charge in [0.2, 0.25) is 5.88 Å². The minimum atomic E-state index is -4.83. The maximum Gasteiger partial charge on any atom is 0.573 e. The van der Waals surface area contributed by atoms with Gasteiger partial charge in [-0.3, -0.25) is 0 Å². The summed E-state index contributed by atoms with van der Waals surface area (Å²) in [5.74, 6) is -0.845. The molecule has 0 aliphatic carbocycles. The van der Waals surface area contributed by atoms with Gasteiger partial charge < -0.3 is 9.47 Å². The molecule has 22 heavy (non-hydrogen) atoms. The zero-order valence-electron chi connectivity index (χ0n) is 10.5. The van der Waals surface area contributed by atoms with Crippen LogP contribution in [0.3, 0.4) is 0 Å². The summed E-state index contributed by atoms with van der Waals surface area (Å²) in [4.78, 5) is 3.21. The van der Waals surface area contributed by atoms with Crippen LogP contribution in [0.5, 0.6) is 17.4 Å². The van der Waals surface area contributed by atoms with Crippen molar-refractivity contribution in [3.8, 4) is 17.4 Å². The van der Waals surface area contributed by atoms with Crippen molar-refractivity contribution in [2.24, 2.45) is 0 Å². The number of rotatable bonds is 3. The molecule has 9 heteroatoms. The van der Waals surface area contributed by atoms with E-state index in [-0.39, 0.29) is 11.6 Å². The molecule has 1 heterocycles. The van der Waals surface area contributed by atoms with Crippen LogP contribution >= 0.6 is 0 Å². The van der Waals surface area contributed by atoms with Crippen LogP contribution in [0.4, 0.5) is 26.3 Å². The van der Waals surface area contributed by atoms with E-state index in [9.17, 15) is 26.3 Å². The van der Waals surface area contributed by atoms with Gasteiger partial charge >= 0.3 is 12.5 Å². The Balaban J connectivity index is 2.11. The fraction of sp³-hybridized carbons (Fsp3) is 0.154. The molecule has 1 aromatic heterocycles. The van der Waals surface area contributed by atoms with Crippen molar-refractivity contribution >= 4 is 0 Å². The second-order valence-electron chi connectivity index (χ2n) is 3.90. The number of nitrogens with zero attached hydrogens (tertiary/aromatic N) is 1. The normalized spacial score (nSPS) is 12.1. The minimum Gasteiger partial charge on any atom is -0.439 e. The number of hydrogen-bond donors (Lipinski definition) is 0. The van der Waals surface area contributed by atoms with Crippen LogP contribution in [-0.2, 0) is 6.18 Å². The third-order valence-corrected chi connectivity index (χ3v) is 2.22. The average molecular weight is 322 g/mol. The van der Waals surface area contributed by atoms with E-state index in [1.54, 1.807) is 0 Å². The molecule has 0 N–H and O–H groups in total. The van der Waals surface area contributed by atoms with Crippen LogP contribution in [0, 0.1) is 6.07 Å². The molecule has 0 aliphatic heterocycles. The lowest BCUT2D eigenvalue weighted by atomic mass is 10.3. The zero-order chi connectivity index (χ0) is 16.4. The van der Waals surface area contributed by atoms with Gasteiger partial charge in [0.15, 0.2) is 5.69 Å². The van der Waals surface area contributed by atoms with Gasteiger partial charge in [-0.05, 0) is 30.3 Å². The molecule has 0 unspecified atom stereocenters. The number of pyridine rings is 1. The number of alkyl halides is 6. The number of ether oxygens (including phenoxy) is 2. The van der Waals surface area contributed by atoms with Gasteiger partial charge in [0.1, 0.15) is 11.5 Å². The first-order chi connectivity index (χ1) is 10.1. The van der Waals surface area contributed by atoms with E-state index in [1.165, 1.54) is 0 Å². The van der Waals surface area contributed by atoms with Crippen LogP contribution < -0.4 is 9.47 Å². The Hall–Kier alpha value is -2.45. The lowest BCUT2D eigenvalue weighted by Crippen LogP contribution is -2.16. The quantitative estimate of drug-likeness (QED) is 0.775. The summed E-state index contributed by atoms with van der Waals surface area (Å²) in [6, 6.07) is 8.15. The Morgan fingerprint density at radius 3 is 2.00 bits per heavy atom. The predicted octanol–water partition coefficient (Wildman–Crippen LogP) is 4.59. The average Bonchev–Trinajstić information content (AvgIpc) is 2.39. The molecule has 2 rings (SSSR count). The standard InChI is InChI=1S/C13H6F6NO2/c14-12(15,16)10-2-1-3-11(20-10)21-8-4-6-9(7-5-8)22-13(17,18)19/h1,3-7H.